The Morgan fingerprint density at radius 2 is 2.12 bits per heavy atom. The highest BCUT2D eigenvalue weighted by Crippen LogP contribution is 2.25. The predicted octanol–water partition coefficient (Wildman–Crippen LogP) is 3.98. The van der Waals surface area contributed by atoms with Crippen molar-refractivity contribution in [2.45, 2.75) is 44.5 Å². The predicted molar refractivity (Wildman–Crippen MR) is 101 cm³/mol. The van der Waals surface area contributed by atoms with Crippen LogP contribution in [0.3, 0.4) is 0 Å². The molecule has 0 unspecified atom stereocenters. The molecule has 3 rings (SSSR count). The van der Waals surface area contributed by atoms with Crippen molar-refractivity contribution in [1.29, 1.82) is 0 Å². The van der Waals surface area contributed by atoms with Gasteiger partial charge >= 0.3 is 0 Å². The summed E-state index contributed by atoms with van der Waals surface area (Å²) in [4.78, 5) is 12.2. The van der Waals surface area contributed by atoms with Crippen molar-refractivity contribution in [1.82, 2.24) is 5.32 Å². The van der Waals surface area contributed by atoms with E-state index in [1.807, 2.05) is 18.2 Å². The second-order valence-corrected chi connectivity index (χ2v) is 7.43. The molecular weight excluding hydrogens is 334 g/mol. The molecule has 1 N–H and O–H groups in total. The molecule has 0 saturated heterocycles. The van der Waals surface area contributed by atoms with Gasteiger partial charge in [0.2, 0.25) is 0 Å². The Kier molecular flexibility index (Phi) is 6.45. The molecule has 1 aromatic carbocycles. The standard InChI is InChI=1S/C20H25NO3S/c1-15(20(22)21-10-12-25-14-19-7-4-11-23-19)24-18-9-8-16-5-2-3-6-17(16)13-18/h4,7-9,11,13,15H,2-3,5-6,10,12,14H2,1H3,(H,21,22)/t15-/m1/s1. The summed E-state index contributed by atoms with van der Waals surface area (Å²) in [6.45, 7) is 2.42. The average Bonchev–Trinajstić information content (AvgIpc) is 3.14. The minimum absolute atomic E-state index is 0.0729. The third-order valence-electron chi connectivity index (χ3n) is 4.37. The van der Waals surface area contributed by atoms with E-state index in [1.165, 1.54) is 24.0 Å². The van der Waals surface area contributed by atoms with E-state index >= 15 is 0 Å². The van der Waals surface area contributed by atoms with Crippen LogP contribution >= 0.6 is 11.8 Å². The Balaban J connectivity index is 1.38. The molecule has 5 heteroatoms. The number of benzene rings is 1. The number of carbonyl (C=O) groups excluding carboxylic acids is 1. The molecule has 1 atom stereocenters. The third kappa shape index (κ3) is 5.30. The molecule has 134 valence electrons. The van der Waals surface area contributed by atoms with Crippen molar-refractivity contribution in [2.75, 3.05) is 12.3 Å². The van der Waals surface area contributed by atoms with Gasteiger partial charge in [0.1, 0.15) is 11.5 Å². The van der Waals surface area contributed by atoms with Crippen molar-refractivity contribution < 1.29 is 13.9 Å². The number of hydrogen-bond donors (Lipinski definition) is 1. The number of furan rings is 1. The highest BCUT2D eigenvalue weighted by Gasteiger charge is 2.16. The smallest absolute Gasteiger partial charge is 0.260 e. The minimum atomic E-state index is -0.489. The lowest BCUT2D eigenvalue weighted by Gasteiger charge is -2.19. The molecule has 1 aliphatic carbocycles. The second kappa shape index (κ2) is 8.99. The van der Waals surface area contributed by atoms with Gasteiger partial charge in [-0.2, -0.15) is 11.8 Å². The summed E-state index contributed by atoms with van der Waals surface area (Å²) in [6.07, 6.45) is 5.96. The van der Waals surface area contributed by atoms with Crippen molar-refractivity contribution >= 4 is 17.7 Å². The van der Waals surface area contributed by atoms with Crippen LogP contribution in [0.2, 0.25) is 0 Å². The molecule has 25 heavy (non-hydrogen) atoms. The Morgan fingerprint density at radius 3 is 2.92 bits per heavy atom. The summed E-state index contributed by atoms with van der Waals surface area (Å²) in [7, 11) is 0. The van der Waals surface area contributed by atoms with Gasteiger partial charge in [-0.1, -0.05) is 6.07 Å². The number of rotatable bonds is 8. The Hall–Kier alpha value is -1.88. The highest BCUT2D eigenvalue weighted by molar-refractivity contribution is 7.98. The van der Waals surface area contributed by atoms with Crippen molar-refractivity contribution in [3.8, 4) is 5.75 Å². The Labute approximate surface area is 153 Å². The van der Waals surface area contributed by atoms with Crippen LogP contribution in [0.4, 0.5) is 0 Å². The molecule has 0 bridgehead atoms. The first-order valence-electron chi connectivity index (χ1n) is 8.88. The van der Waals surface area contributed by atoms with Crippen molar-refractivity contribution in [3.63, 3.8) is 0 Å². The Bertz CT molecular complexity index is 684. The fourth-order valence-electron chi connectivity index (χ4n) is 3.00. The minimum Gasteiger partial charge on any atom is -0.481 e. The maximum Gasteiger partial charge on any atom is 0.260 e. The number of carbonyl (C=O) groups is 1. The Morgan fingerprint density at radius 1 is 1.28 bits per heavy atom. The van der Waals surface area contributed by atoms with Crippen LogP contribution in [-0.2, 0) is 23.4 Å². The number of ether oxygens (including phenoxy) is 1. The van der Waals surface area contributed by atoms with E-state index in [9.17, 15) is 4.79 Å². The lowest BCUT2D eigenvalue weighted by atomic mass is 9.92. The van der Waals surface area contributed by atoms with E-state index in [0.29, 0.717) is 6.54 Å². The SMILES string of the molecule is C[C@@H](Oc1ccc2c(c1)CCCC2)C(=O)NCCSCc1ccco1. The molecule has 0 radical (unpaired) electrons. The number of hydrogen-bond acceptors (Lipinski definition) is 4. The van der Waals surface area contributed by atoms with E-state index in [-0.39, 0.29) is 5.91 Å². The van der Waals surface area contributed by atoms with Crippen LogP contribution in [0.15, 0.2) is 41.0 Å². The van der Waals surface area contributed by atoms with Crippen molar-refractivity contribution in [3.05, 3.63) is 53.5 Å². The number of aryl methyl sites for hydroxylation is 2. The van der Waals surface area contributed by atoms with Gasteiger partial charge in [-0.15, -0.1) is 0 Å². The van der Waals surface area contributed by atoms with Crippen LogP contribution < -0.4 is 10.1 Å². The van der Waals surface area contributed by atoms with Gasteiger partial charge in [0.05, 0.1) is 12.0 Å². The molecule has 1 aromatic heterocycles. The molecule has 0 aliphatic heterocycles. The lowest BCUT2D eigenvalue weighted by molar-refractivity contribution is -0.127. The number of amides is 1. The first-order valence-corrected chi connectivity index (χ1v) is 10.0. The summed E-state index contributed by atoms with van der Waals surface area (Å²) in [5.74, 6) is 3.34. The highest BCUT2D eigenvalue weighted by atomic mass is 32.2. The summed E-state index contributed by atoms with van der Waals surface area (Å²) >= 11 is 1.73. The van der Waals surface area contributed by atoms with Crippen LogP contribution in [0.5, 0.6) is 5.75 Å². The molecule has 1 amide bonds. The number of fused-ring (bicyclic) bond motifs is 1. The quantitative estimate of drug-likeness (QED) is 0.725. The molecule has 0 fully saturated rings. The molecular formula is C20H25NO3S. The fourth-order valence-corrected chi connectivity index (χ4v) is 3.75. The van der Waals surface area contributed by atoms with Gasteiger partial charge in [-0.05, 0) is 68.0 Å². The zero-order valence-corrected chi connectivity index (χ0v) is 15.4. The summed E-state index contributed by atoms with van der Waals surface area (Å²) in [6, 6.07) is 10.1. The molecule has 0 saturated carbocycles. The number of nitrogens with one attached hydrogen (secondary N) is 1. The second-order valence-electron chi connectivity index (χ2n) is 6.32. The van der Waals surface area contributed by atoms with E-state index in [1.54, 1.807) is 24.9 Å². The zero-order chi connectivity index (χ0) is 17.5. The van der Waals surface area contributed by atoms with Crippen LogP contribution in [-0.4, -0.2) is 24.3 Å². The maximum atomic E-state index is 12.2. The summed E-state index contributed by atoms with van der Waals surface area (Å²) < 4.78 is 11.1. The van der Waals surface area contributed by atoms with Gasteiger partial charge < -0.3 is 14.5 Å². The first kappa shape index (κ1) is 17.9. The van der Waals surface area contributed by atoms with Crippen LogP contribution in [0.25, 0.3) is 0 Å². The van der Waals surface area contributed by atoms with E-state index < -0.39 is 6.10 Å². The van der Waals surface area contributed by atoms with E-state index in [4.69, 9.17) is 9.15 Å². The molecule has 2 aromatic rings. The largest absolute Gasteiger partial charge is 0.481 e. The zero-order valence-electron chi connectivity index (χ0n) is 14.6. The fraction of sp³-hybridized carbons (Fsp3) is 0.450. The van der Waals surface area contributed by atoms with E-state index in [0.717, 1.165) is 35.9 Å². The monoisotopic (exact) mass is 359 g/mol. The maximum absolute atomic E-state index is 12.2. The number of thioether (sulfide) groups is 1. The van der Waals surface area contributed by atoms with E-state index in [2.05, 4.69) is 17.4 Å². The first-order chi connectivity index (χ1) is 12.2. The topological polar surface area (TPSA) is 51.5 Å². The molecule has 1 heterocycles. The molecule has 1 aliphatic rings. The molecule has 0 spiro atoms. The lowest BCUT2D eigenvalue weighted by Crippen LogP contribution is -2.37. The summed E-state index contributed by atoms with van der Waals surface area (Å²) in [5.41, 5.74) is 2.79. The van der Waals surface area contributed by atoms with Gasteiger partial charge in [0, 0.05) is 12.3 Å². The van der Waals surface area contributed by atoms with Crippen LogP contribution in [0.1, 0.15) is 36.7 Å². The normalized spacial score (nSPS) is 14.6. The van der Waals surface area contributed by atoms with Gasteiger partial charge in [-0.3, -0.25) is 4.79 Å². The van der Waals surface area contributed by atoms with Gasteiger partial charge in [0.25, 0.3) is 5.91 Å². The average molecular weight is 359 g/mol. The van der Waals surface area contributed by atoms with Gasteiger partial charge in [-0.25, -0.2) is 0 Å². The molecule has 4 nitrogen and oxygen atoms in total. The summed E-state index contributed by atoms with van der Waals surface area (Å²) in [5, 5.41) is 2.93. The van der Waals surface area contributed by atoms with Crippen molar-refractivity contribution in [2.24, 2.45) is 0 Å². The third-order valence-corrected chi connectivity index (χ3v) is 5.35. The van der Waals surface area contributed by atoms with Crippen LogP contribution in [0, 0.1) is 0 Å². The van der Waals surface area contributed by atoms with Gasteiger partial charge in [0.15, 0.2) is 6.10 Å².